The molecule has 1 amide bonds. The molecule has 0 heterocycles. The molecule has 0 fully saturated rings. The van der Waals surface area contributed by atoms with E-state index in [4.69, 9.17) is 21.4 Å². The van der Waals surface area contributed by atoms with Gasteiger partial charge in [-0.1, -0.05) is 23.7 Å². The van der Waals surface area contributed by atoms with Gasteiger partial charge in [-0.2, -0.15) is 0 Å². The van der Waals surface area contributed by atoms with Gasteiger partial charge in [0.05, 0.1) is 17.0 Å². The number of nitrogens with one attached hydrogen (secondary N) is 2. The molecular weight excluding hydrogens is 468 g/mol. The predicted molar refractivity (Wildman–Crippen MR) is 125 cm³/mol. The highest BCUT2D eigenvalue weighted by atomic mass is 35.5. The van der Waals surface area contributed by atoms with Crippen molar-refractivity contribution in [1.29, 1.82) is 0 Å². The molecule has 0 atom stereocenters. The standard InChI is InChI=1S/C23H21ClN2O6S/c1-2-25-23(29)16-6-11-21(32-18-5-3-4-15(12-18)13-22(27)28)20(14-16)26-33(30,31)19-9-7-17(24)8-10-19/h3-12,14,26H,2,13H2,1H3,(H,25,29)(H,27,28). The molecule has 3 aromatic carbocycles. The Morgan fingerprint density at radius 1 is 1.03 bits per heavy atom. The quantitative estimate of drug-likeness (QED) is 0.412. The molecule has 0 aromatic heterocycles. The lowest BCUT2D eigenvalue weighted by atomic mass is 10.1. The van der Waals surface area contributed by atoms with Gasteiger partial charge in [-0.15, -0.1) is 0 Å². The number of carbonyl (C=O) groups excluding carboxylic acids is 1. The molecule has 0 aliphatic heterocycles. The second-order valence-corrected chi connectivity index (χ2v) is 9.07. The summed E-state index contributed by atoms with van der Waals surface area (Å²) < 4.78 is 34.2. The van der Waals surface area contributed by atoms with E-state index in [9.17, 15) is 18.0 Å². The summed E-state index contributed by atoms with van der Waals surface area (Å²) in [5, 5.41) is 12.1. The number of amides is 1. The number of carbonyl (C=O) groups is 2. The molecular formula is C23H21ClN2O6S. The lowest BCUT2D eigenvalue weighted by Gasteiger charge is -2.15. The van der Waals surface area contributed by atoms with Gasteiger partial charge in [-0.05, 0) is 67.1 Å². The van der Waals surface area contributed by atoms with Gasteiger partial charge in [0, 0.05) is 17.1 Å². The SMILES string of the molecule is CCNC(=O)c1ccc(Oc2cccc(CC(=O)O)c2)c(NS(=O)(=O)c2ccc(Cl)cc2)c1. The van der Waals surface area contributed by atoms with Crippen LogP contribution in [0.5, 0.6) is 11.5 Å². The molecule has 3 aromatic rings. The zero-order valence-electron chi connectivity index (χ0n) is 17.5. The number of anilines is 1. The van der Waals surface area contributed by atoms with E-state index in [0.29, 0.717) is 22.9 Å². The van der Waals surface area contributed by atoms with Crippen molar-refractivity contribution in [2.75, 3.05) is 11.3 Å². The molecule has 0 aliphatic carbocycles. The zero-order valence-corrected chi connectivity index (χ0v) is 19.1. The number of hydrogen-bond donors (Lipinski definition) is 3. The van der Waals surface area contributed by atoms with Crippen LogP contribution in [0, 0.1) is 0 Å². The molecule has 0 radical (unpaired) electrons. The van der Waals surface area contributed by atoms with Crippen molar-refractivity contribution in [1.82, 2.24) is 5.32 Å². The lowest BCUT2D eigenvalue weighted by molar-refractivity contribution is -0.136. The highest BCUT2D eigenvalue weighted by molar-refractivity contribution is 7.92. The van der Waals surface area contributed by atoms with Crippen molar-refractivity contribution in [2.24, 2.45) is 0 Å². The molecule has 0 unspecified atom stereocenters. The van der Waals surface area contributed by atoms with E-state index in [1.54, 1.807) is 31.2 Å². The number of hydrogen-bond acceptors (Lipinski definition) is 5. The Kier molecular flexibility index (Phi) is 7.57. The average Bonchev–Trinajstić information content (AvgIpc) is 2.75. The summed E-state index contributed by atoms with van der Waals surface area (Å²) in [6.45, 7) is 2.17. The van der Waals surface area contributed by atoms with Gasteiger partial charge in [-0.25, -0.2) is 8.42 Å². The summed E-state index contributed by atoms with van der Waals surface area (Å²) in [7, 11) is -4.02. The molecule has 8 nitrogen and oxygen atoms in total. The second kappa shape index (κ2) is 10.4. The van der Waals surface area contributed by atoms with Crippen LogP contribution in [0.25, 0.3) is 0 Å². The van der Waals surface area contributed by atoms with E-state index in [0.717, 1.165) is 0 Å². The van der Waals surface area contributed by atoms with E-state index in [1.165, 1.54) is 42.5 Å². The summed E-state index contributed by atoms with van der Waals surface area (Å²) in [6.07, 6.45) is -0.191. The van der Waals surface area contributed by atoms with Crippen molar-refractivity contribution in [2.45, 2.75) is 18.2 Å². The van der Waals surface area contributed by atoms with Crippen molar-refractivity contribution >= 4 is 39.2 Å². The number of sulfonamides is 1. The predicted octanol–water partition coefficient (Wildman–Crippen LogP) is 4.31. The fourth-order valence-electron chi connectivity index (χ4n) is 2.94. The molecule has 0 saturated heterocycles. The van der Waals surface area contributed by atoms with Crippen LogP contribution in [0.4, 0.5) is 5.69 Å². The monoisotopic (exact) mass is 488 g/mol. The van der Waals surface area contributed by atoms with Crippen LogP contribution in [-0.4, -0.2) is 31.9 Å². The Bertz CT molecular complexity index is 1280. The number of aliphatic carboxylic acids is 1. The number of benzene rings is 3. The number of carboxylic acids is 1. The third kappa shape index (κ3) is 6.47. The van der Waals surface area contributed by atoms with Gasteiger partial charge in [0.2, 0.25) is 0 Å². The molecule has 0 aliphatic rings. The van der Waals surface area contributed by atoms with Gasteiger partial charge in [0.15, 0.2) is 5.75 Å². The minimum atomic E-state index is -4.02. The summed E-state index contributed by atoms with van der Waals surface area (Å²) in [4.78, 5) is 23.3. The summed E-state index contributed by atoms with van der Waals surface area (Å²) in [5.41, 5.74) is 0.789. The summed E-state index contributed by atoms with van der Waals surface area (Å²) in [6, 6.07) is 16.4. The second-order valence-electron chi connectivity index (χ2n) is 6.95. The fourth-order valence-corrected chi connectivity index (χ4v) is 4.13. The molecule has 3 rings (SSSR count). The molecule has 3 N–H and O–H groups in total. The smallest absolute Gasteiger partial charge is 0.307 e. The normalized spacial score (nSPS) is 11.0. The Labute approximate surface area is 196 Å². The minimum absolute atomic E-state index is 0.0234. The number of halogens is 1. The van der Waals surface area contributed by atoms with Crippen LogP contribution >= 0.6 is 11.6 Å². The molecule has 10 heteroatoms. The lowest BCUT2D eigenvalue weighted by Crippen LogP contribution is -2.23. The van der Waals surface area contributed by atoms with E-state index in [-0.39, 0.29) is 34.2 Å². The zero-order chi connectivity index (χ0) is 24.0. The maximum Gasteiger partial charge on any atom is 0.307 e. The van der Waals surface area contributed by atoms with Crippen molar-refractivity contribution in [3.05, 3.63) is 82.9 Å². The van der Waals surface area contributed by atoms with Gasteiger partial charge >= 0.3 is 5.97 Å². The van der Waals surface area contributed by atoms with E-state index in [1.807, 2.05) is 0 Å². The third-order valence-corrected chi connectivity index (χ3v) is 6.06. The maximum absolute atomic E-state index is 12.9. The van der Waals surface area contributed by atoms with Gasteiger partial charge in [0.1, 0.15) is 5.75 Å². The minimum Gasteiger partial charge on any atom is -0.481 e. The Balaban J connectivity index is 1.98. The van der Waals surface area contributed by atoms with E-state index in [2.05, 4.69) is 10.0 Å². The molecule has 33 heavy (non-hydrogen) atoms. The van der Waals surface area contributed by atoms with Crippen molar-refractivity contribution in [3.63, 3.8) is 0 Å². The molecule has 0 spiro atoms. The number of ether oxygens (including phenoxy) is 1. The molecule has 0 bridgehead atoms. The third-order valence-electron chi connectivity index (χ3n) is 4.43. The highest BCUT2D eigenvalue weighted by Crippen LogP contribution is 2.33. The average molecular weight is 489 g/mol. The summed E-state index contributed by atoms with van der Waals surface area (Å²) in [5.74, 6) is -0.922. The van der Waals surface area contributed by atoms with Crippen LogP contribution < -0.4 is 14.8 Å². The van der Waals surface area contributed by atoms with Gasteiger partial charge in [0.25, 0.3) is 15.9 Å². The fraction of sp³-hybridized carbons (Fsp3) is 0.130. The first-order valence-electron chi connectivity index (χ1n) is 9.87. The van der Waals surface area contributed by atoms with E-state index < -0.39 is 16.0 Å². The van der Waals surface area contributed by atoms with Crippen LogP contribution in [0.3, 0.4) is 0 Å². The first-order chi connectivity index (χ1) is 15.7. The highest BCUT2D eigenvalue weighted by Gasteiger charge is 2.19. The Morgan fingerprint density at radius 2 is 1.76 bits per heavy atom. The number of rotatable bonds is 9. The van der Waals surface area contributed by atoms with Crippen LogP contribution in [0.2, 0.25) is 5.02 Å². The topological polar surface area (TPSA) is 122 Å². The Hall–Kier alpha value is -3.56. The van der Waals surface area contributed by atoms with Gasteiger partial charge in [-0.3, -0.25) is 14.3 Å². The van der Waals surface area contributed by atoms with Crippen molar-refractivity contribution < 1.29 is 27.9 Å². The van der Waals surface area contributed by atoms with Crippen LogP contribution in [0.1, 0.15) is 22.8 Å². The maximum atomic E-state index is 12.9. The largest absolute Gasteiger partial charge is 0.481 e. The van der Waals surface area contributed by atoms with Gasteiger partial charge < -0.3 is 15.2 Å². The molecule has 172 valence electrons. The molecule has 0 saturated carbocycles. The van der Waals surface area contributed by atoms with E-state index >= 15 is 0 Å². The van der Waals surface area contributed by atoms with Crippen LogP contribution in [0.15, 0.2) is 71.6 Å². The number of carboxylic acid groups (broad SMARTS) is 1. The van der Waals surface area contributed by atoms with Crippen LogP contribution in [-0.2, 0) is 21.2 Å². The first-order valence-corrected chi connectivity index (χ1v) is 11.7. The first kappa shape index (κ1) is 24.1. The Morgan fingerprint density at radius 3 is 2.42 bits per heavy atom. The van der Waals surface area contributed by atoms with Crippen molar-refractivity contribution in [3.8, 4) is 11.5 Å². The summed E-state index contributed by atoms with van der Waals surface area (Å²) >= 11 is 5.85.